The van der Waals surface area contributed by atoms with E-state index in [-0.39, 0.29) is 25.6 Å². The smallest absolute Gasteiger partial charge is 0.160 e. The van der Waals surface area contributed by atoms with Crippen molar-refractivity contribution >= 4 is 8.03 Å². The zero-order valence-electron chi connectivity index (χ0n) is 4.00. The second kappa shape index (κ2) is 6.42. The fraction of sp³-hybridized carbons (Fsp3) is 0.333. The molecule has 1 N–H and O–H groups in total. The molecule has 7 heavy (non-hydrogen) atoms. The molecule has 0 saturated heterocycles. The standard InChI is InChI=1S/C3H5O2P.Zn/c1-2-3-6(4)5;/h2H,1,3H2;/p+1. The maximum atomic E-state index is 9.68. The summed E-state index contributed by atoms with van der Waals surface area (Å²) < 4.78 is 9.68. The van der Waals surface area contributed by atoms with Crippen molar-refractivity contribution in [2.24, 2.45) is 0 Å². The normalized spacial score (nSPS) is 9.00. The van der Waals surface area contributed by atoms with E-state index in [0.717, 1.165) is 0 Å². The summed E-state index contributed by atoms with van der Waals surface area (Å²) in [5.74, 6) is 0. The molecule has 1 atom stereocenters. The third kappa shape index (κ3) is 10.7. The van der Waals surface area contributed by atoms with Gasteiger partial charge in [-0.05, 0) is 10.6 Å². The van der Waals surface area contributed by atoms with Gasteiger partial charge in [-0.25, -0.2) is 0 Å². The fourth-order valence-corrected chi connectivity index (χ4v) is 0.331. The second-order valence-corrected chi connectivity index (χ2v) is 1.89. The Morgan fingerprint density at radius 2 is 2.29 bits per heavy atom. The van der Waals surface area contributed by atoms with E-state index >= 15 is 0 Å². The Morgan fingerprint density at radius 1 is 1.86 bits per heavy atom. The molecule has 0 radical (unpaired) electrons. The molecule has 0 aromatic heterocycles. The molecule has 0 aromatic rings. The van der Waals surface area contributed by atoms with Gasteiger partial charge in [-0.3, -0.25) is 0 Å². The predicted molar refractivity (Wildman–Crippen MR) is 24.9 cm³/mol. The molecule has 4 heteroatoms. The average molecular weight is 170 g/mol. The van der Waals surface area contributed by atoms with Gasteiger partial charge in [0.1, 0.15) is 0 Å². The van der Waals surface area contributed by atoms with Crippen LogP contribution in [0, 0.1) is 0 Å². The Hall–Kier alpha value is 0.423. The molecule has 0 aromatic carbocycles. The summed E-state index contributed by atoms with van der Waals surface area (Å²) in [7, 11) is -1.97. The van der Waals surface area contributed by atoms with Crippen molar-refractivity contribution in [3.8, 4) is 0 Å². The van der Waals surface area contributed by atoms with Gasteiger partial charge in [-0.2, -0.15) is 4.89 Å². The SMILES string of the molecule is C=CC[P+](=O)O.[Zn]. The number of hydrogen-bond acceptors (Lipinski definition) is 1. The summed E-state index contributed by atoms with van der Waals surface area (Å²) in [6, 6.07) is 0. The number of allylic oxidation sites excluding steroid dienone is 1. The van der Waals surface area contributed by atoms with Crippen LogP contribution in [0.4, 0.5) is 0 Å². The van der Waals surface area contributed by atoms with E-state index in [1.807, 2.05) is 0 Å². The average Bonchev–Trinajstić information content (AvgIpc) is 1.35. The molecular weight excluding hydrogens is 164 g/mol. The first kappa shape index (κ1) is 10.4. The first-order chi connectivity index (χ1) is 2.77. The van der Waals surface area contributed by atoms with E-state index in [1.165, 1.54) is 6.08 Å². The molecule has 36 valence electrons. The van der Waals surface area contributed by atoms with Crippen molar-refractivity contribution in [2.75, 3.05) is 6.16 Å². The van der Waals surface area contributed by atoms with E-state index in [4.69, 9.17) is 4.89 Å². The van der Waals surface area contributed by atoms with Crippen LogP contribution in [0.2, 0.25) is 0 Å². The minimum Gasteiger partial charge on any atom is -0.160 e. The Kier molecular flexibility index (Phi) is 9.56. The number of rotatable bonds is 2. The largest absolute Gasteiger partial charge is 0.509 e. The van der Waals surface area contributed by atoms with Crippen LogP contribution in [0.5, 0.6) is 0 Å². The van der Waals surface area contributed by atoms with Gasteiger partial charge in [0.2, 0.25) is 0 Å². The van der Waals surface area contributed by atoms with Gasteiger partial charge in [0.05, 0.1) is 0 Å². The summed E-state index contributed by atoms with van der Waals surface area (Å²) in [4.78, 5) is 7.99. The van der Waals surface area contributed by atoms with E-state index in [9.17, 15) is 4.57 Å². The zero-order valence-corrected chi connectivity index (χ0v) is 7.86. The first-order valence-corrected chi connectivity index (χ1v) is 2.91. The third-order valence-corrected chi connectivity index (χ3v) is 0.856. The maximum absolute atomic E-state index is 9.68. The molecule has 0 bridgehead atoms. The molecule has 0 saturated carbocycles. The van der Waals surface area contributed by atoms with Gasteiger partial charge in [0.15, 0.2) is 6.16 Å². The summed E-state index contributed by atoms with van der Waals surface area (Å²) >= 11 is 0. The molecule has 0 amide bonds. The Morgan fingerprint density at radius 3 is 2.29 bits per heavy atom. The van der Waals surface area contributed by atoms with Crippen LogP contribution in [0.3, 0.4) is 0 Å². The molecule has 0 fully saturated rings. The van der Waals surface area contributed by atoms with Crippen LogP contribution in [-0.4, -0.2) is 11.1 Å². The van der Waals surface area contributed by atoms with Crippen molar-refractivity contribution in [1.82, 2.24) is 0 Å². The van der Waals surface area contributed by atoms with E-state index in [0.29, 0.717) is 0 Å². The topological polar surface area (TPSA) is 37.3 Å². The van der Waals surface area contributed by atoms with E-state index in [2.05, 4.69) is 6.58 Å². The van der Waals surface area contributed by atoms with Crippen molar-refractivity contribution in [3.05, 3.63) is 12.7 Å². The minimum absolute atomic E-state index is 0. The molecule has 0 rings (SSSR count). The van der Waals surface area contributed by atoms with Crippen LogP contribution >= 0.6 is 8.03 Å². The first-order valence-electron chi connectivity index (χ1n) is 1.52. The third-order valence-electron chi connectivity index (χ3n) is 0.285. The second-order valence-electron chi connectivity index (χ2n) is 0.823. The Bertz CT molecular complexity index is 73.3. The molecule has 1 unspecified atom stereocenters. The summed E-state index contributed by atoms with van der Waals surface area (Å²) in [6.07, 6.45) is 1.62. The quantitative estimate of drug-likeness (QED) is 0.380. The van der Waals surface area contributed by atoms with Crippen molar-refractivity contribution < 1.29 is 28.9 Å². The molecule has 0 aliphatic carbocycles. The van der Waals surface area contributed by atoms with Crippen LogP contribution in [0.15, 0.2) is 12.7 Å². The summed E-state index contributed by atoms with van der Waals surface area (Å²) in [6.45, 7) is 3.26. The van der Waals surface area contributed by atoms with Gasteiger partial charge in [-0.15, -0.1) is 0 Å². The molecular formula is C3H6O2PZn+. The molecule has 0 heterocycles. The van der Waals surface area contributed by atoms with Crippen molar-refractivity contribution in [2.45, 2.75) is 0 Å². The summed E-state index contributed by atoms with van der Waals surface area (Å²) in [5.41, 5.74) is 0. The van der Waals surface area contributed by atoms with Gasteiger partial charge in [-0.1, -0.05) is 6.58 Å². The fourth-order valence-electron chi connectivity index (χ4n) is 0.110. The van der Waals surface area contributed by atoms with Crippen LogP contribution in [-0.2, 0) is 24.0 Å². The number of hydrogen-bond donors (Lipinski definition) is 1. The van der Waals surface area contributed by atoms with Crippen molar-refractivity contribution in [3.63, 3.8) is 0 Å². The molecule has 0 spiro atoms. The molecule has 0 aliphatic heterocycles. The van der Waals surface area contributed by atoms with Gasteiger partial charge in [0, 0.05) is 19.5 Å². The van der Waals surface area contributed by atoms with E-state index in [1.54, 1.807) is 0 Å². The van der Waals surface area contributed by atoms with Crippen LogP contribution in [0.25, 0.3) is 0 Å². The van der Waals surface area contributed by atoms with Crippen molar-refractivity contribution in [1.29, 1.82) is 0 Å². The van der Waals surface area contributed by atoms with E-state index < -0.39 is 8.03 Å². The summed E-state index contributed by atoms with van der Waals surface area (Å²) in [5, 5.41) is 0. The Balaban J connectivity index is 0. The van der Waals surface area contributed by atoms with Crippen LogP contribution < -0.4 is 0 Å². The van der Waals surface area contributed by atoms with Crippen LogP contribution in [0.1, 0.15) is 0 Å². The zero-order chi connectivity index (χ0) is 4.99. The van der Waals surface area contributed by atoms with Gasteiger partial charge < -0.3 is 0 Å². The minimum atomic E-state index is -1.97. The molecule has 0 aliphatic rings. The van der Waals surface area contributed by atoms with Gasteiger partial charge in [0.25, 0.3) is 0 Å². The predicted octanol–water partition coefficient (Wildman–Crippen LogP) is 0.905. The Labute approximate surface area is 56.2 Å². The van der Waals surface area contributed by atoms with Gasteiger partial charge >= 0.3 is 8.03 Å². The monoisotopic (exact) mass is 169 g/mol. The molecule has 2 nitrogen and oxygen atoms in total. The maximum Gasteiger partial charge on any atom is 0.509 e.